The van der Waals surface area contributed by atoms with Crippen LogP contribution in [0.2, 0.25) is 0 Å². The first-order chi connectivity index (χ1) is 12.9. The molecule has 1 N–H and O–H groups in total. The summed E-state index contributed by atoms with van der Waals surface area (Å²) in [5, 5.41) is 6.41. The maximum absolute atomic E-state index is 4.14. The highest BCUT2D eigenvalue weighted by atomic mass is 32.2. The normalized spacial score (nSPS) is 13.1. The Morgan fingerprint density at radius 3 is 2.56 bits per heavy atom. The molecule has 1 aliphatic rings. The van der Waals surface area contributed by atoms with Crippen LogP contribution in [-0.4, -0.2) is 0 Å². The van der Waals surface area contributed by atoms with Crippen molar-refractivity contribution in [2.75, 3.05) is 0 Å². The molecule has 2 heteroatoms. The highest BCUT2D eigenvalue weighted by Crippen LogP contribution is 2.32. The molecule has 27 heavy (non-hydrogen) atoms. The summed E-state index contributed by atoms with van der Waals surface area (Å²) in [6, 6.07) is 15.1. The lowest BCUT2D eigenvalue weighted by atomic mass is 10.0. The van der Waals surface area contributed by atoms with Crippen LogP contribution in [0.1, 0.15) is 34.7 Å². The van der Waals surface area contributed by atoms with Crippen LogP contribution in [0, 0.1) is 13.8 Å². The Bertz CT molecular complexity index is 929. The summed E-state index contributed by atoms with van der Waals surface area (Å²) in [4.78, 5) is 0. The second-order valence-corrected chi connectivity index (χ2v) is 8.19. The number of thioether (sulfide) groups is 1. The first kappa shape index (κ1) is 19.3. The lowest BCUT2D eigenvalue weighted by Gasteiger charge is -2.11. The van der Waals surface area contributed by atoms with Gasteiger partial charge in [-0.05, 0) is 66.0 Å². The van der Waals surface area contributed by atoms with Crippen molar-refractivity contribution >= 4 is 17.8 Å². The molecule has 0 aliphatic heterocycles. The molecule has 2 aromatic carbocycles. The summed E-state index contributed by atoms with van der Waals surface area (Å²) >= 11 is 1.63. The number of aryl methyl sites for hydroxylation is 2. The minimum Gasteiger partial charge on any atom is -0.354 e. The topological polar surface area (TPSA) is 12.0 Å². The fourth-order valence-corrected chi connectivity index (χ4v) is 3.92. The van der Waals surface area contributed by atoms with Crippen molar-refractivity contribution in [3.8, 4) is 0 Å². The van der Waals surface area contributed by atoms with Crippen LogP contribution >= 0.6 is 11.8 Å². The molecule has 0 saturated carbocycles. The van der Waals surface area contributed by atoms with Crippen LogP contribution < -0.4 is 5.32 Å². The van der Waals surface area contributed by atoms with Gasteiger partial charge in [-0.3, -0.25) is 0 Å². The second kappa shape index (κ2) is 8.49. The summed E-state index contributed by atoms with van der Waals surface area (Å²) < 4.78 is 0. The van der Waals surface area contributed by atoms with Crippen molar-refractivity contribution in [1.29, 1.82) is 0 Å². The number of rotatable bonds is 7. The zero-order valence-corrected chi connectivity index (χ0v) is 17.2. The lowest BCUT2D eigenvalue weighted by Crippen LogP contribution is -2.10. The Morgan fingerprint density at radius 2 is 1.85 bits per heavy atom. The molecular formula is C25H27NS. The first-order valence-corrected chi connectivity index (χ1v) is 10.1. The number of fused-ring (bicyclic) bond motifs is 1. The van der Waals surface area contributed by atoms with Gasteiger partial charge in [0.05, 0.1) is 5.03 Å². The molecule has 0 unspecified atom stereocenters. The third kappa shape index (κ3) is 5.05. The second-order valence-electron chi connectivity index (χ2n) is 7.22. The van der Waals surface area contributed by atoms with Gasteiger partial charge in [-0.1, -0.05) is 79.0 Å². The van der Waals surface area contributed by atoms with Crippen molar-refractivity contribution < 1.29 is 0 Å². The molecule has 0 heterocycles. The van der Waals surface area contributed by atoms with Crippen molar-refractivity contribution in [1.82, 2.24) is 5.32 Å². The zero-order chi connectivity index (χ0) is 19.4. The van der Waals surface area contributed by atoms with E-state index in [0.717, 1.165) is 23.6 Å². The van der Waals surface area contributed by atoms with E-state index >= 15 is 0 Å². The van der Waals surface area contributed by atoms with Gasteiger partial charge in [0.15, 0.2) is 0 Å². The Kier molecular flexibility index (Phi) is 6.08. The summed E-state index contributed by atoms with van der Waals surface area (Å²) in [7, 11) is 0. The molecule has 2 aromatic rings. The van der Waals surface area contributed by atoms with Gasteiger partial charge in [0, 0.05) is 12.1 Å². The Labute approximate surface area is 167 Å². The van der Waals surface area contributed by atoms with Crippen LogP contribution in [0.4, 0.5) is 0 Å². The summed E-state index contributed by atoms with van der Waals surface area (Å²) in [5.41, 5.74) is 10.4. The predicted molar refractivity (Wildman–Crippen MR) is 121 cm³/mol. The van der Waals surface area contributed by atoms with Crippen LogP contribution in [0.3, 0.4) is 0 Å². The number of hydrogen-bond donors (Lipinski definition) is 1. The summed E-state index contributed by atoms with van der Waals surface area (Å²) in [6.45, 7) is 14.7. The smallest absolute Gasteiger partial charge is 0.0692 e. The Hall–Kier alpha value is -2.45. The van der Waals surface area contributed by atoms with Crippen molar-refractivity contribution in [3.05, 3.63) is 111 Å². The molecule has 0 bridgehead atoms. The van der Waals surface area contributed by atoms with Crippen LogP contribution in [-0.2, 0) is 12.8 Å². The molecule has 138 valence electrons. The Balaban J connectivity index is 1.53. The average Bonchev–Trinajstić information content (AvgIpc) is 3.07. The molecule has 1 aliphatic carbocycles. The van der Waals surface area contributed by atoms with Gasteiger partial charge in [0.2, 0.25) is 0 Å². The minimum absolute atomic E-state index is 0.808. The van der Waals surface area contributed by atoms with E-state index in [-0.39, 0.29) is 0 Å². The molecule has 1 nitrogen and oxygen atoms in total. The van der Waals surface area contributed by atoms with Crippen LogP contribution in [0.15, 0.2) is 82.9 Å². The maximum atomic E-state index is 4.14. The van der Waals surface area contributed by atoms with Gasteiger partial charge in [-0.15, -0.1) is 0 Å². The maximum Gasteiger partial charge on any atom is 0.0692 e. The number of allylic oxidation sites excluding steroid dienone is 3. The van der Waals surface area contributed by atoms with Crippen LogP contribution in [0.5, 0.6) is 0 Å². The SMILES string of the molecule is C=C(Cc1ccc(C)cc1)NC(=C)S/C=C(\C)C1=Cc2cccc(C)c2C1. The molecule has 0 radical (unpaired) electrons. The lowest BCUT2D eigenvalue weighted by molar-refractivity contribution is 0.968. The Morgan fingerprint density at radius 1 is 1.11 bits per heavy atom. The van der Waals surface area contributed by atoms with Crippen molar-refractivity contribution in [2.24, 2.45) is 0 Å². The summed E-state index contributed by atoms with van der Waals surface area (Å²) in [6.07, 6.45) is 4.13. The molecule has 0 atom stereocenters. The fraction of sp³-hybridized carbons (Fsp3) is 0.200. The van der Waals surface area contributed by atoms with Gasteiger partial charge in [-0.25, -0.2) is 0 Å². The highest BCUT2D eigenvalue weighted by molar-refractivity contribution is 8.05. The molecule has 0 saturated heterocycles. The summed E-state index contributed by atoms with van der Waals surface area (Å²) in [5.74, 6) is 0. The monoisotopic (exact) mass is 373 g/mol. The van der Waals surface area contributed by atoms with Gasteiger partial charge in [-0.2, -0.15) is 0 Å². The quantitative estimate of drug-likeness (QED) is 0.580. The number of benzene rings is 2. The van der Waals surface area contributed by atoms with E-state index in [0.29, 0.717) is 0 Å². The van der Waals surface area contributed by atoms with Gasteiger partial charge >= 0.3 is 0 Å². The van der Waals surface area contributed by atoms with Crippen LogP contribution in [0.25, 0.3) is 6.08 Å². The van der Waals surface area contributed by atoms with E-state index in [1.54, 1.807) is 11.8 Å². The van der Waals surface area contributed by atoms with E-state index in [9.17, 15) is 0 Å². The minimum atomic E-state index is 0.808. The van der Waals surface area contributed by atoms with E-state index in [4.69, 9.17) is 0 Å². The number of nitrogens with one attached hydrogen (secondary N) is 1. The third-order valence-electron chi connectivity index (χ3n) is 4.88. The largest absolute Gasteiger partial charge is 0.354 e. The first-order valence-electron chi connectivity index (χ1n) is 9.24. The van der Waals surface area contributed by atoms with E-state index in [1.807, 2.05) is 0 Å². The van der Waals surface area contributed by atoms with E-state index in [2.05, 4.69) is 93.2 Å². The van der Waals surface area contributed by atoms with Gasteiger partial charge in [0.1, 0.15) is 0 Å². The molecule has 0 amide bonds. The predicted octanol–water partition coefficient (Wildman–Crippen LogP) is 6.70. The van der Waals surface area contributed by atoms with Crippen molar-refractivity contribution in [2.45, 2.75) is 33.6 Å². The molecule has 0 aromatic heterocycles. The number of hydrogen-bond acceptors (Lipinski definition) is 2. The molecule has 0 fully saturated rings. The molecular weight excluding hydrogens is 346 g/mol. The molecule has 3 rings (SSSR count). The highest BCUT2D eigenvalue weighted by Gasteiger charge is 2.15. The standard InChI is InChI=1S/C25H27NS/c1-17-9-11-22(12-10-17)13-20(4)26-21(5)27-16-19(3)24-14-23-8-6-7-18(2)25(23)15-24/h6-12,14,16,26H,4-5,13,15H2,1-3H3/b19-16+. The van der Waals surface area contributed by atoms with Gasteiger partial charge in [0.25, 0.3) is 0 Å². The van der Waals surface area contributed by atoms with Gasteiger partial charge < -0.3 is 5.32 Å². The zero-order valence-electron chi connectivity index (χ0n) is 16.4. The third-order valence-corrected chi connectivity index (χ3v) is 5.74. The fourth-order valence-electron chi connectivity index (χ4n) is 3.24. The molecule has 0 spiro atoms. The van der Waals surface area contributed by atoms with E-state index < -0.39 is 0 Å². The average molecular weight is 374 g/mol. The van der Waals surface area contributed by atoms with Crippen molar-refractivity contribution in [3.63, 3.8) is 0 Å². The van der Waals surface area contributed by atoms with E-state index in [1.165, 1.54) is 39.0 Å².